The summed E-state index contributed by atoms with van der Waals surface area (Å²) in [6, 6.07) is 0.309. The molecule has 0 saturated heterocycles. The molecule has 2 unspecified atom stereocenters. The van der Waals surface area contributed by atoms with Crippen molar-refractivity contribution in [2.75, 3.05) is 33.8 Å². The lowest BCUT2D eigenvalue weighted by Crippen LogP contribution is -2.44. The molecule has 2 atom stereocenters. The van der Waals surface area contributed by atoms with E-state index in [1.807, 2.05) is 6.92 Å². The monoisotopic (exact) mass is 328 g/mol. The van der Waals surface area contributed by atoms with Crippen LogP contribution in [0.5, 0.6) is 0 Å². The van der Waals surface area contributed by atoms with Crippen LogP contribution in [0.25, 0.3) is 0 Å². The molecule has 0 aliphatic heterocycles. The number of rotatable bonds is 10. The Morgan fingerprint density at radius 1 is 1.22 bits per heavy atom. The Morgan fingerprint density at radius 2 is 1.87 bits per heavy atom. The van der Waals surface area contributed by atoms with Crippen LogP contribution in [0.15, 0.2) is 4.99 Å². The lowest BCUT2D eigenvalue weighted by atomic mass is 10.0. The van der Waals surface area contributed by atoms with Gasteiger partial charge in [-0.25, -0.2) is 4.99 Å². The third kappa shape index (κ3) is 10.2. The van der Waals surface area contributed by atoms with Crippen LogP contribution < -0.4 is 10.6 Å². The van der Waals surface area contributed by atoms with Gasteiger partial charge in [0, 0.05) is 33.3 Å². The summed E-state index contributed by atoms with van der Waals surface area (Å²) in [5.74, 6) is 1.16. The first-order chi connectivity index (χ1) is 10.8. The minimum atomic E-state index is -0.00961. The number of carbonyl (C=O) groups is 1. The third-order valence-corrected chi connectivity index (χ3v) is 3.71. The van der Waals surface area contributed by atoms with Gasteiger partial charge in [0.2, 0.25) is 5.91 Å². The summed E-state index contributed by atoms with van der Waals surface area (Å²) >= 11 is 0. The van der Waals surface area contributed by atoms with Crippen molar-refractivity contribution in [1.82, 2.24) is 15.5 Å². The minimum absolute atomic E-state index is 0.00961. The molecule has 0 radical (unpaired) electrons. The molecule has 0 bridgehead atoms. The molecule has 0 saturated carbocycles. The highest BCUT2D eigenvalue weighted by Gasteiger charge is 2.13. The van der Waals surface area contributed by atoms with Gasteiger partial charge in [-0.3, -0.25) is 4.79 Å². The number of amides is 1. The fraction of sp³-hybridized carbons (Fsp3) is 0.882. The molecule has 1 amide bonds. The first-order valence-corrected chi connectivity index (χ1v) is 8.68. The predicted molar refractivity (Wildman–Crippen MR) is 96.8 cm³/mol. The van der Waals surface area contributed by atoms with Gasteiger partial charge in [-0.2, -0.15) is 0 Å². The minimum Gasteiger partial charge on any atom is -0.378 e. The summed E-state index contributed by atoms with van der Waals surface area (Å²) in [5, 5.41) is 6.63. The normalized spacial score (nSPS) is 14.5. The number of nitrogens with zero attached hydrogens (tertiary/aromatic N) is 2. The number of carbonyl (C=O) groups excluding carboxylic acids is 1. The van der Waals surface area contributed by atoms with Gasteiger partial charge in [-0.1, -0.05) is 20.8 Å². The van der Waals surface area contributed by atoms with Gasteiger partial charge >= 0.3 is 0 Å². The largest absolute Gasteiger partial charge is 0.378 e. The van der Waals surface area contributed by atoms with Crippen molar-refractivity contribution >= 4 is 11.9 Å². The molecule has 136 valence electrons. The average molecular weight is 329 g/mol. The van der Waals surface area contributed by atoms with Gasteiger partial charge in [0.1, 0.15) is 6.54 Å². The second-order valence-corrected chi connectivity index (χ2v) is 6.36. The third-order valence-electron chi connectivity index (χ3n) is 3.71. The van der Waals surface area contributed by atoms with E-state index in [9.17, 15) is 4.79 Å². The zero-order chi connectivity index (χ0) is 17.8. The van der Waals surface area contributed by atoms with Crippen LogP contribution in [-0.2, 0) is 9.53 Å². The van der Waals surface area contributed by atoms with Crippen molar-refractivity contribution in [3.8, 4) is 0 Å². The van der Waals surface area contributed by atoms with E-state index >= 15 is 0 Å². The van der Waals surface area contributed by atoms with E-state index in [0.717, 1.165) is 26.0 Å². The highest BCUT2D eigenvalue weighted by Crippen LogP contribution is 2.09. The Bertz CT molecular complexity index is 357. The van der Waals surface area contributed by atoms with E-state index in [4.69, 9.17) is 4.74 Å². The quantitative estimate of drug-likeness (QED) is 0.474. The van der Waals surface area contributed by atoms with E-state index in [2.05, 4.69) is 43.3 Å². The number of ether oxygens (including phenoxy) is 1. The lowest BCUT2D eigenvalue weighted by Gasteiger charge is -2.22. The van der Waals surface area contributed by atoms with E-state index < -0.39 is 0 Å². The summed E-state index contributed by atoms with van der Waals surface area (Å²) < 4.78 is 5.76. The molecule has 0 aromatic rings. The zero-order valence-corrected chi connectivity index (χ0v) is 16.0. The van der Waals surface area contributed by atoms with E-state index in [1.165, 1.54) is 0 Å². The van der Waals surface area contributed by atoms with Crippen molar-refractivity contribution in [3.63, 3.8) is 0 Å². The van der Waals surface area contributed by atoms with Crippen molar-refractivity contribution in [2.45, 2.75) is 59.6 Å². The van der Waals surface area contributed by atoms with Crippen LogP contribution in [0, 0.1) is 5.92 Å². The van der Waals surface area contributed by atoms with Crippen LogP contribution in [0.1, 0.15) is 47.5 Å². The molecule has 0 heterocycles. The van der Waals surface area contributed by atoms with Crippen LogP contribution in [0.2, 0.25) is 0 Å². The van der Waals surface area contributed by atoms with Gasteiger partial charge in [-0.05, 0) is 32.6 Å². The van der Waals surface area contributed by atoms with E-state index in [0.29, 0.717) is 17.9 Å². The van der Waals surface area contributed by atoms with Crippen molar-refractivity contribution in [1.29, 1.82) is 0 Å². The first kappa shape index (κ1) is 21.7. The smallest absolute Gasteiger partial charge is 0.243 e. The van der Waals surface area contributed by atoms with Crippen LogP contribution in [-0.4, -0.2) is 62.7 Å². The summed E-state index contributed by atoms with van der Waals surface area (Å²) in [7, 11) is 3.48. The average Bonchev–Trinajstić information content (AvgIpc) is 2.50. The molecule has 0 aliphatic rings. The second kappa shape index (κ2) is 12.2. The molecule has 0 aromatic carbocycles. The van der Waals surface area contributed by atoms with Gasteiger partial charge in [0.25, 0.3) is 0 Å². The number of aliphatic imine (C=N–C) groups is 1. The fourth-order valence-corrected chi connectivity index (χ4v) is 1.93. The predicted octanol–water partition coefficient (Wildman–Crippen LogP) is 1.86. The molecule has 6 nitrogen and oxygen atoms in total. The van der Waals surface area contributed by atoms with Crippen LogP contribution in [0.4, 0.5) is 0 Å². The zero-order valence-electron chi connectivity index (χ0n) is 16.0. The topological polar surface area (TPSA) is 66.0 Å². The van der Waals surface area contributed by atoms with Crippen LogP contribution >= 0.6 is 0 Å². The fourth-order valence-electron chi connectivity index (χ4n) is 1.93. The molecule has 0 rings (SSSR count). The molecule has 6 heteroatoms. The van der Waals surface area contributed by atoms with Crippen LogP contribution in [0.3, 0.4) is 0 Å². The summed E-state index contributed by atoms with van der Waals surface area (Å²) in [4.78, 5) is 17.6. The standard InChI is InChI=1S/C17H36N4O2/c1-8-14(5)20-17(19-12-16(22)21(6)7)18-11-10-15(13(3)4)23-9-2/h13-15H,8-12H2,1-7H3,(H2,18,19,20). The van der Waals surface area contributed by atoms with Gasteiger partial charge < -0.3 is 20.3 Å². The highest BCUT2D eigenvalue weighted by atomic mass is 16.5. The highest BCUT2D eigenvalue weighted by molar-refractivity contribution is 5.84. The molecular formula is C17H36N4O2. The maximum Gasteiger partial charge on any atom is 0.243 e. The molecule has 0 fully saturated rings. The van der Waals surface area contributed by atoms with E-state index in [1.54, 1.807) is 19.0 Å². The van der Waals surface area contributed by atoms with Crippen molar-refractivity contribution < 1.29 is 9.53 Å². The summed E-state index contributed by atoms with van der Waals surface area (Å²) in [6.45, 7) is 12.2. The van der Waals surface area contributed by atoms with Gasteiger partial charge in [-0.15, -0.1) is 0 Å². The molecule has 23 heavy (non-hydrogen) atoms. The molecule has 0 spiro atoms. The second-order valence-electron chi connectivity index (χ2n) is 6.36. The SMILES string of the molecule is CCOC(CCNC(=NCC(=O)N(C)C)NC(C)CC)C(C)C. The van der Waals surface area contributed by atoms with Crippen molar-refractivity contribution in [2.24, 2.45) is 10.9 Å². The molecule has 0 aliphatic carbocycles. The Hall–Kier alpha value is -1.30. The number of hydrogen-bond donors (Lipinski definition) is 2. The Labute approximate surface area is 142 Å². The Morgan fingerprint density at radius 3 is 2.35 bits per heavy atom. The molecule has 2 N–H and O–H groups in total. The van der Waals surface area contributed by atoms with Gasteiger partial charge in [0.15, 0.2) is 5.96 Å². The Balaban J connectivity index is 4.56. The van der Waals surface area contributed by atoms with Gasteiger partial charge in [0.05, 0.1) is 6.10 Å². The summed E-state index contributed by atoms with van der Waals surface area (Å²) in [5.41, 5.74) is 0. The lowest BCUT2D eigenvalue weighted by molar-refractivity contribution is -0.127. The maximum atomic E-state index is 11.7. The van der Waals surface area contributed by atoms with E-state index in [-0.39, 0.29) is 18.6 Å². The number of guanidine groups is 1. The molecule has 0 aromatic heterocycles. The summed E-state index contributed by atoms with van der Waals surface area (Å²) in [6.07, 6.45) is 2.14. The number of nitrogens with one attached hydrogen (secondary N) is 2. The molecular weight excluding hydrogens is 292 g/mol. The number of hydrogen-bond acceptors (Lipinski definition) is 3. The Kier molecular flexibility index (Phi) is 11.5. The maximum absolute atomic E-state index is 11.7. The van der Waals surface area contributed by atoms with Crippen molar-refractivity contribution in [3.05, 3.63) is 0 Å². The first-order valence-electron chi connectivity index (χ1n) is 8.68. The number of likely N-dealkylation sites (N-methyl/N-ethyl adjacent to an activating group) is 1.